The van der Waals surface area contributed by atoms with E-state index in [4.69, 9.17) is 23.2 Å². The lowest BCUT2D eigenvalue weighted by molar-refractivity contribution is -0.122. The lowest BCUT2D eigenvalue weighted by Crippen LogP contribution is -2.30. The van der Waals surface area contributed by atoms with Gasteiger partial charge in [0.15, 0.2) is 0 Å². The molecule has 2 aromatic rings. The lowest BCUT2D eigenvalue weighted by atomic mass is 9.78. The van der Waals surface area contributed by atoms with Crippen molar-refractivity contribution >= 4 is 29.0 Å². The minimum Gasteiger partial charge on any atom is -0.298 e. The topological polar surface area (TPSA) is 17.1 Å². The Kier molecular flexibility index (Phi) is 4.70. The first kappa shape index (κ1) is 16.0. The molecule has 110 valence electrons. The predicted octanol–water partition coefficient (Wildman–Crippen LogP) is 5.22. The van der Waals surface area contributed by atoms with Gasteiger partial charge >= 0.3 is 0 Å². The number of carbonyl (C=O) groups excluding carboxylic acids is 1. The molecule has 1 nitrogen and oxygen atoms in total. The fourth-order valence-corrected chi connectivity index (χ4v) is 2.56. The highest BCUT2D eigenvalue weighted by molar-refractivity contribution is 6.35. The van der Waals surface area contributed by atoms with Crippen molar-refractivity contribution in [3.05, 3.63) is 69.5 Å². The van der Waals surface area contributed by atoms with Gasteiger partial charge in [-0.05, 0) is 49.2 Å². The number of hydrogen-bond donors (Lipinski definition) is 0. The van der Waals surface area contributed by atoms with Gasteiger partial charge in [-0.2, -0.15) is 0 Å². The molecule has 0 unspecified atom stereocenters. The van der Waals surface area contributed by atoms with E-state index in [1.807, 2.05) is 13.8 Å². The standard InChI is InChI=1S/C17H15Cl2FO/c1-17(2,12-4-7-14(20)8-5-12)16(21)9-11-3-6-13(18)10-15(11)19/h3-8,10H,9H2,1-2H3. The molecule has 2 rings (SSSR count). The van der Waals surface area contributed by atoms with Crippen LogP contribution in [0.5, 0.6) is 0 Å². The van der Waals surface area contributed by atoms with E-state index in [-0.39, 0.29) is 18.0 Å². The molecular formula is C17H15Cl2FO. The zero-order valence-electron chi connectivity index (χ0n) is 11.8. The van der Waals surface area contributed by atoms with E-state index < -0.39 is 5.41 Å². The fourth-order valence-electron chi connectivity index (χ4n) is 2.09. The molecular weight excluding hydrogens is 310 g/mol. The van der Waals surface area contributed by atoms with Gasteiger partial charge in [-0.15, -0.1) is 0 Å². The Morgan fingerprint density at radius 2 is 1.71 bits per heavy atom. The van der Waals surface area contributed by atoms with E-state index >= 15 is 0 Å². The van der Waals surface area contributed by atoms with Gasteiger partial charge in [-0.3, -0.25) is 4.79 Å². The average Bonchev–Trinajstić information content (AvgIpc) is 2.42. The summed E-state index contributed by atoms with van der Waals surface area (Å²) in [6.07, 6.45) is 0.209. The van der Waals surface area contributed by atoms with Gasteiger partial charge in [0.1, 0.15) is 11.6 Å². The summed E-state index contributed by atoms with van der Waals surface area (Å²) >= 11 is 12.0. The third-order valence-electron chi connectivity index (χ3n) is 3.63. The maximum Gasteiger partial charge on any atom is 0.147 e. The van der Waals surface area contributed by atoms with E-state index in [0.717, 1.165) is 11.1 Å². The van der Waals surface area contributed by atoms with Crippen molar-refractivity contribution in [2.24, 2.45) is 0 Å². The van der Waals surface area contributed by atoms with Crippen LogP contribution < -0.4 is 0 Å². The van der Waals surface area contributed by atoms with Crippen molar-refractivity contribution in [2.75, 3.05) is 0 Å². The van der Waals surface area contributed by atoms with Gasteiger partial charge in [0.2, 0.25) is 0 Å². The van der Waals surface area contributed by atoms with Gasteiger partial charge in [0, 0.05) is 21.9 Å². The summed E-state index contributed by atoms with van der Waals surface area (Å²) < 4.78 is 13.0. The summed E-state index contributed by atoms with van der Waals surface area (Å²) in [5.41, 5.74) is 0.802. The van der Waals surface area contributed by atoms with Crippen LogP contribution in [0.1, 0.15) is 25.0 Å². The number of Topliss-reactive ketones (excluding diaryl/α,β-unsaturated/α-hetero) is 1. The van der Waals surface area contributed by atoms with E-state index in [9.17, 15) is 9.18 Å². The number of carbonyl (C=O) groups is 1. The van der Waals surface area contributed by atoms with Gasteiger partial charge in [-0.25, -0.2) is 4.39 Å². The van der Waals surface area contributed by atoms with E-state index in [2.05, 4.69) is 0 Å². The summed E-state index contributed by atoms with van der Waals surface area (Å²) in [6.45, 7) is 3.65. The van der Waals surface area contributed by atoms with Crippen LogP contribution >= 0.6 is 23.2 Å². The molecule has 0 spiro atoms. The molecule has 0 N–H and O–H groups in total. The monoisotopic (exact) mass is 324 g/mol. The van der Waals surface area contributed by atoms with Crippen molar-refractivity contribution in [2.45, 2.75) is 25.7 Å². The highest BCUT2D eigenvalue weighted by Gasteiger charge is 2.29. The van der Waals surface area contributed by atoms with Crippen molar-refractivity contribution in [3.63, 3.8) is 0 Å². The Balaban J connectivity index is 2.24. The van der Waals surface area contributed by atoms with E-state index in [0.29, 0.717) is 10.0 Å². The minimum absolute atomic E-state index is 0.0123. The molecule has 4 heteroatoms. The van der Waals surface area contributed by atoms with Gasteiger partial charge in [0.25, 0.3) is 0 Å². The highest BCUT2D eigenvalue weighted by Crippen LogP contribution is 2.28. The Hall–Kier alpha value is -1.38. The molecule has 0 fully saturated rings. The lowest BCUT2D eigenvalue weighted by Gasteiger charge is -2.24. The van der Waals surface area contributed by atoms with Crippen molar-refractivity contribution < 1.29 is 9.18 Å². The first-order chi connectivity index (χ1) is 9.80. The van der Waals surface area contributed by atoms with Crippen LogP contribution in [0.2, 0.25) is 10.0 Å². The largest absolute Gasteiger partial charge is 0.298 e. The maximum absolute atomic E-state index is 13.0. The Morgan fingerprint density at radius 3 is 2.29 bits per heavy atom. The molecule has 0 heterocycles. The molecule has 0 radical (unpaired) electrons. The Morgan fingerprint density at radius 1 is 1.10 bits per heavy atom. The third kappa shape index (κ3) is 3.63. The summed E-state index contributed by atoms with van der Waals surface area (Å²) in [5, 5.41) is 1.01. The average molecular weight is 325 g/mol. The highest BCUT2D eigenvalue weighted by atomic mass is 35.5. The van der Waals surface area contributed by atoms with Crippen LogP contribution in [-0.4, -0.2) is 5.78 Å². The second-order valence-corrected chi connectivity index (χ2v) is 6.31. The van der Waals surface area contributed by atoms with Crippen LogP contribution in [0.25, 0.3) is 0 Å². The zero-order chi connectivity index (χ0) is 15.6. The van der Waals surface area contributed by atoms with E-state index in [1.165, 1.54) is 12.1 Å². The molecule has 2 aromatic carbocycles. The summed E-state index contributed by atoms with van der Waals surface area (Å²) in [6, 6.07) is 11.1. The summed E-state index contributed by atoms with van der Waals surface area (Å²) in [7, 11) is 0. The third-order valence-corrected chi connectivity index (χ3v) is 4.22. The van der Waals surface area contributed by atoms with Gasteiger partial charge in [0.05, 0.1) is 0 Å². The van der Waals surface area contributed by atoms with E-state index in [1.54, 1.807) is 30.3 Å². The number of benzene rings is 2. The van der Waals surface area contributed by atoms with Crippen LogP contribution in [0, 0.1) is 5.82 Å². The normalized spacial score (nSPS) is 11.5. The number of halogens is 3. The number of rotatable bonds is 4. The molecule has 0 aliphatic rings. The fraction of sp³-hybridized carbons (Fsp3) is 0.235. The maximum atomic E-state index is 13.0. The molecule has 0 aliphatic heterocycles. The molecule has 0 aromatic heterocycles. The van der Waals surface area contributed by atoms with Crippen LogP contribution in [0.15, 0.2) is 42.5 Å². The Bertz CT molecular complexity index is 663. The van der Waals surface area contributed by atoms with Crippen LogP contribution in [-0.2, 0) is 16.6 Å². The molecule has 0 bridgehead atoms. The zero-order valence-corrected chi connectivity index (χ0v) is 13.3. The van der Waals surface area contributed by atoms with Crippen LogP contribution in [0.4, 0.5) is 4.39 Å². The molecule has 0 aliphatic carbocycles. The smallest absolute Gasteiger partial charge is 0.147 e. The molecule has 0 saturated carbocycles. The number of hydrogen-bond acceptors (Lipinski definition) is 1. The Labute approximate surface area is 133 Å². The van der Waals surface area contributed by atoms with Gasteiger partial charge < -0.3 is 0 Å². The second-order valence-electron chi connectivity index (χ2n) is 5.47. The molecule has 0 saturated heterocycles. The molecule has 21 heavy (non-hydrogen) atoms. The number of ketones is 1. The first-order valence-corrected chi connectivity index (χ1v) is 7.29. The predicted molar refractivity (Wildman–Crippen MR) is 84.6 cm³/mol. The second kappa shape index (κ2) is 6.17. The summed E-state index contributed by atoms with van der Waals surface area (Å²) in [4.78, 5) is 12.6. The van der Waals surface area contributed by atoms with Gasteiger partial charge in [-0.1, -0.05) is 41.4 Å². The van der Waals surface area contributed by atoms with Crippen molar-refractivity contribution in [1.82, 2.24) is 0 Å². The molecule has 0 amide bonds. The minimum atomic E-state index is -0.712. The van der Waals surface area contributed by atoms with Crippen molar-refractivity contribution in [3.8, 4) is 0 Å². The first-order valence-electron chi connectivity index (χ1n) is 6.54. The summed E-state index contributed by atoms with van der Waals surface area (Å²) in [5.74, 6) is -0.305. The van der Waals surface area contributed by atoms with Crippen LogP contribution in [0.3, 0.4) is 0 Å². The molecule has 0 atom stereocenters. The quantitative estimate of drug-likeness (QED) is 0.753. The van der Waals surface area contributed by atoms with Crippen molar-refractivity contribution in [1.29, 1.82) is 0 Å². The SMILES string of the molecule is CC(C)(C(=O)Cc1ccc(Cl)cc1Cl)c1ccc(F)cc1.